The summed E-state index contributed by atoms with van der Waals surface area (Å²) >= 11 is 2.34. The van der Waals surface area contributed by atoms with Crippen molar-refractivity contribution in [2.24, 2.45) is 45.6 Å². The summed E-state index contributed by atoms with van der Waals surface area (Å²) in [5.41, 5.74) is 4.72. The normalized spacial score (nSPS) is 42.2. The fourth-order valence-electron chi connectivity index (χ4n) is 9.75. The molecule has 3 fully saturated rings. The predicted molar refractivity (Wildman–Crippen MR) is 174 cm³/mol. The lowest BCUT2D eigenvalue weighted by Crippen LogP contribution is -2.51. The van der Waals surface area contributed by atoms with Crippen LogP contribution in [0.5, 0.6) is 0 Å². The van der Waals surface area contributed by atoms with Gasteiger partial charge in [0.1, 0.15) is 6.61 Å². The highest BCUT2D eigenvalue weighted by Crippen LogP contribution is 2.66. The van der Waals surface area contributed by atoms with Gasteiger partial charge in [-0.3, -0.25) is 0 Å². The molecule has 1 aromatic rings. The topological polar surface area (TPSA) is 40.0 Å². The second-order valence-corrected chi connectivity index (χ2v) is 15.5. The molecule has 41 heavy (non-hydrogen) atoms. The molecule has 5 aliphatic rings. The van der Waals surface area contributed by atoms with E-state index in [9.17, 15) is 0 Å². The number of rotatable bonds is 7. The van der Waals surface area contributed by atoms with Crippen molar-refractivity contribution in [1.29, 1.82) is 0 Å². The van der Waals surface area contributed by atoms with Gasteiger partial charge in [-0.1, -0.05) is 62.7 Å². The third kappa shape index (κ3) is 5.73. The van der Waals surface area contributed by atoms with E-state index in [0.29, 0.717) is 29.3 Å². The van der Waals surface area contributed by atoms with Crippen molar-refractivity contribution < 1.29 is 14.3 Å². The number of hydrogen-bond donors (Lipinski definition) is 0. The van der Waals surface area contributed by atoms with Gasteiger partial charge < -0.3 is 14.3 Å². The molecule has 0 aromatic heterocycles. The summed E-state index contributed by atoms with van der Waals surface area (Å²) in [7, 11) is 0. The van der Waals surface area contributed by atoms with E-state index in [2.05, 4.69) is 105 Å². The van der Waals surface area contributed by atoms with Crippen LogP contribution in [0, 0.1) is 44.0 Å². The summed E-state index contributed by atoms with van der Waals surface area (Å²) in [6.07, 6.45) is 18.4. The Bertz CT molecular complexity index is 1180. The van der Waals surface area contributed by atoms with Gasteiger partial charge in [0.2, 0.25) is 0 Å². The second-order valence-electron chi connectivity index (χ2n) is 14.3. The molecule has 0 amide bonds. The predicted octanol–water partition coefficient (Wildman–Crippen LogP) is 9.48. The quantitative estimate of drug-likeness (QED) is 0.126. The van der Waals surface area contributed by atoms with Crippen molar-refractivity contribution in [3.05, 3.63) is 57.2 Å². The average Bonchev–Trinajstić information content (AvgIpc) is 3.32. The zero-order valence-electron chi connectivity index (χ0n) is 25.8. The number of ether oxygens (including phenoxy) is 2. The summed E-state index contributed by atoms with van der Waals surface area (Å²) in [6, 6.07) is 8.53. The third-order valence-corrected chi connectivity index (χ3v) is 12.8. The summed E-state index contributed by atoms with van der Waals surface area (Å²) in [4.78, 5) is 5.88. The Balaban J connectivity index is 1.10. The van der Waals surface area contributed by atoms with Gasteiger partial charge in [0.25, 0.3) is 0 Å². The molecule has 0 saturated heterocycles. The minimum atomic E-state index is -0.182. The molecule has 3 saturated carbocycles. The molecule has 5 heteroatoms. The zero-order valence-corrected chi connectivity index (χ0v) is 27.9. The highest BCUT2D eigenvalue weighted by Gasteiger charge is 2.59. The first-order valence-electron chi connectivity index (χ1n) is 16.3. The Labute approximate surface area is 261 Å². The van der Waals surface area contributed by atoms with Gasteiger partial charge >= 0.3 is 0 Å². The largest absolute Gasteiger partial charge is 0.391 e. The van der Waals surface area contributed by atoms with Crippen LogP contribution in [-0.4, -0.2) is 24.2 Å². The molecular formula is C36H50INO3. The Morgan fingerprint density at radius 3 is 2.63 bits per heavy atom. The lowest BCUT2D eigenvalue weighted by atomic mass is 9.47. The summed E-state index contributed by atoms with van der Waals surface area (Å²) < 4.78 is 14.1. The molecule has 10 atom stereocenters. The van der Waals surface area contributed by atoms with E-state index < -0.39 is 0 Å². The van der Waals surface area contributed by atoms with E-state index in [1.807, 2.05) is 0 Å². The smallest absolute Gasteiger partial charge is 0.177 e. The van der Waals surface area contributed by atoms with Gasteiger partial charge in [0, 0.05) is 15.4 Å². The zero-order chi connectivity index (χ0) is 28.8. The van der Waals surface area contributed by atoms with Gasteiger partial charge in [0.05, 0.1) is 17.9 Å². The molecule has 0 N–H and O–H groups in total. The van der Waals surface area contributed by atoms with Crippen molar-refractivity contribution in [1.82, 2.24) is 0 Å². The standard InChI is InChI=1S/C36H50INO3/c1-6-33-23(2)7-16-34(41-33)40-28-17-19-35(4)26(21-28)10-13-29-31-15-14-30(36(31,5)20-18-32(29)35)24(3)38-39-22-25-8-11-27(37)12-9-25/h7-12,16,23,28-34H,6,13-15,17-22H2,1-5H3/b38-24+/t23-,28?,29?,30+,31?,32?,33+,34?,35-,36+/m0/s1. The molecule has 5 unspecified atom stereocenters. The first-order chi connectivity index (χ1) is 19.7. The molecule has 4 nitrogen and oxygen atoms in total. The third-order valence-electron chi connectivity index (χ3n) is 12.1. The number of hydrogen-bond acceptors (Lipinski definition) is 4. The monoisotopic (exact) mass is 671 g/mol. The molecule has 0 spiro atoms. The van der Waals surface area contributed by atoms with Gasteiger partial charge in [-0.2, -0.15) is 0 Å². The van der Waals surface area contributed by atoms with Crippen LogP contribution in [0.15, 0.2) is 53.2 Å². The number of benzene rings is 1. The maximum absolute atomic E-state index is 6.56. The van der Waals surface area contributed by atoms with Crippen LogP contribution in [0.3, 0.4) is 0 Å². The molecule has 6 rings (SSSR count). The van der Waals surface area contributed by atoms with E-state index in [1.165, 1.54) is 53.4 Å². The van der Waals surface area contributed by atoms with Crippen LogP contribution in [0.2, 0.25) is 0 Å². The molecule has 0 bridgehead atoms. The number of allylic oxidation sites excluding steroid dienone is 1. The molecule has 4 aliphatic carbocycles. The van der Waals surface area contributed by atoms with Crippen molar-refractivity contribution in [2.45, 2.75) is 118 Å². The Morgan fingerprint density at radius 2 is 1.85 bits per heavy atom. The van der Waals surface area contributed by atoms with Crippen LogP contribution in [0.25, 0.3) is 0 Å². The van der Waals surface area contributed by atoms with Crippen LogP contribution in [0.1, 0.15) is 98.0 Å². The number of halogens is 1. The van der Waals surface area contributed by atoms with E-state index >= 15 is 0 Å². The average molecular weight is 672 g/mol. The fraction of sp³-hybridized carbons (Fsp3) is 0.694. The number of oxime groups is 1. The van der Waals surface area contributed by atoms with Crippen molar-refractivity contribution >= 4 is 28.3 Å². The highest BCUT2D eigenvalue weighted by atomic mass is 127. The van der Waals surface area contributed by atoms with Crippen LogP contribution in [-0.2, 0) is 20.9 Å². The van der Waals surface area contributed by atoms with E-state index in [1.54, 1.807) is 5.57 Å². The second kappa shape index (κ2) is 12.1. The number of fused-ring (bicyclic) bond motifs is 5. The first-order valence-corrected chi connectivity index (χ1v) is 17.4. The molecule has 1 aliphatic heterocycles. The lowest BCUT2D eigenvalue weighted by Gasteiger charge is -2.58. The van der Waals surface area contributed by atoms with Gasteiger partial charge in [-0.15, -0.1) is 0 Å². The SMILES string of the molecule is CC[C@H]1OC(OC2CC[C@@]3(C)C(=CCC4C3CC[C@@]3(C)C4CC[C@@H]3/C(C)=N/OCc3ccc(I)cc3)C2)C=C[C@@H]1C. The lowest BCUT2D eigenvalue weighted by molar-refractivity contribution is -0.188. The van der Waals surface area contributed by atoms with Crippen LogP contribution < -0.4 is 0 Å². The van der Waals surface area contributed by atoms with Crippen LogP contribution >= 0.6 is 22.6 Å². The summed E-state index contributed by atoms with van der Waals surface area (Å²) in [6.45, 7) is 12.4. The Hall–Kier alpha value is -1.18. The van der Waals surface area contributed by atoms with Crippen molar-refractivity contribution in [2.75, 3.05) is 0 Å². The van der Waals surface area contributed by atoms with Crippen molar-refractivity contribution in [3.63, 3.8) is 0 Å². The van der Waals surface area contributed by atoms with Gasteiger partial charge in [-0.25, -0.2) is 0 Å². The maximum Gasteiger partial charge on any atom is 0.177 e. The van der Waals surface area contributed by atoms with Crippen LogP contribution in [0.4, 0.5) is 0 Å². The highest BCUT2D eigenvalue weighted by molar-refractivity contribution is 14.1. The fourth-order valence-corrected chi connectivity index (χ4v) is 10.1. The van der Waals surface area contributed by atoms with Gasteiger partial charge in [0.15, 0.2) is 6.29 Å². The summed E-state index contributed by atoms with van der Waals surface area (Å²) in [5, 5.41) is 4.69. The van der Waals surface area contributed by atoms with E-state index in [0.717, 1.165) is 37.0 Å². The molecule has 1 aromatic carbocycles. The molecule has 224 valence electrons. The maximum atomic E-state index is 6.56. The Kier molecular flexibility index (Phi) is 8.80. The van der Waals surface area contributed by atoms with E-state index in [4.69, 9.17) is 14.3 Å². The molecule has 0 radical (unpaired) electrons. The number of nitrogens with zero attached hydrogens (tertiary/aromatic N) is 1. The van der Waals surface area contributed by atoms with Crippen molar-refractivity contribution in [3.8, 4) is 0 Å². The molecular weight excluding hydrogens is 621 g/mol. The minimum Gasteiger partial charge on any atom is -0.391 e. The molecule has 1 heterocycles. The Morgan fingerprint density at radius 1 is 1.05 bits per heavy atom. The van der Waals surface area contributed by atoms with E-state index in [-0.39, 0.29) is 18.5 Å². The minimum absolute atomic E-state index is 0.182. The summed E-state index contributed by atoms with van der Waals surface area (Å²) in [5.74, 6) is 3.38. The first kappa shape index (κ1) is 29.9. The van der Waals surface area contributed by atoms with Gasteiger partial charge in [-0.05, 0) is 140 Å².